The topological polar surface area (TPSA) is 17.0 Å². The molecule has 0 aliphatic carbocycles. The second kappa shape index (κ2) is 5.37. The summed E-state index contributed by atoms with van der Waals surface area (Å²) in [6.07, 6.45) is 4.02. The molecule has 0 spiro atoms. The molecule has 0 radical (unpaired) electrons. The molecule has 0 amide bonds. The van der Waals surface area contributed by atoms with Gasteiger partial charge in [-0.2, -0.15) is 0 Å². The minimum absolute atomic E-state index is 0.918. The number of rotatable bonds is 3. The molecule has 0 aromatic carbocycles. The number of halogens is 1. The third-order valence-electron chi connectivity index (χ3n) is 3.73. The Balaban J connectivity index is 1.93. The van der Waals surface area contributed by atoms with E-state index in [0.717, 1.165) is 5.92 Å². The van der Waals surface area contributed by atoms with Gasteiger partial charge in [0.2, 0.25) is 0 Å². The first-order valence-electron chi connectivity index (χ1n) is 6.21. The molecule has 1 aromatic heterocycles. The third kappa shape index (κ3) is 2.69. The van der Waals surface area contributed by atoms with Gasteiger partial charge in [0, 0.05) is 22.4 Å². The molecule has 1 aromatic rings. The Morgan fingerprint density at radius 3 is 2.62 bits per heavy atom. The van der Waals surface area contributed by atoms with Gasteiger partial charge in [-0.05, 0) is 74.1 Å². The van der Waals surface area contributed by atoms with Crippen molar-refractivity contribution in [3.05, 3.63) is 21.9 Å². The average Bonchev–Trinajstić information content (AvgIpc) is 2.53. The first-order chi connectivity index (χ1) is 7.68. The average molecular weight is 285 g/mol. The van der Waals surface area contributed by atoms with Gasteiger partial charge in [-0.25, -0.2) is 0 Å². The van der Waals surface area contributed by atoms with E-state index in [1.54, 1.807) is 0 Å². The van der Waals surface area contributed by atoms with Crippen LogP contribution >= 0.6 is 15.9 Å². The summed E-state index contributed by atoms with van der Waals surface area (Å²) < 4.78 is 3.68. The lowest BCUT2D eigenvalue weighted by molar-refractivity contribution is 0.336. The lowest BCUT2D eigenvalue weighted by Crippen LogP contribution is -2.28. The number of hydrogen-bond acceptors (Lipinski definition) is 1. The number of nitrogens with zero attached hydrogens (tertiary/aromatic N) is 1. The van der Waals surface area contributed by atoms with Gasteiger partial charge in [0.1, 0.15) is 0 Å². The van der Waals surface area contributed by atoms with Crippen molar-refractivity contribution in [2.45, 2.75) is 39.7 Å². The van der Waals surface area contributed by atoms with Gasteiger partial charge in [-0.3, -0.25) is 0 Å². The van der Waals surface area contributed by atoms with E-state index in [1.807, 2.05) is 0 Å². The van der Waals surface area contributed by atoms with Crippen molar-refractivity contribution in [3.63, 3.8) is 0 Å². The number of nitrogens with one attached hydrogen (secondary N) is 1. The molecular weight excluding hydrogens is 264 g/mol. The molecule has 2 nitrogen and oxygen atoms in total. The van der Waals surface area contributed by atoms with E-state index < -0.39 is 0 Å². The van der Waals surface area contributed by atoms with Crippen molar-refractivity contribution in [2.75, 3.05) is 13.1 Å². The number of piperidine rings is 1. The van der Waals surface area contributed by atoms with Crippen LogP contribution in [0.15, 0.2) is 10.5 Å². The lowest BCUT2D eigenvalue weighted by Gasteiger charge is -2.23. The minimum Gasteiger partial charge on any atom is -0.348 e. The molecule has 2 rings (SSSR count). The van der Waals surface area contributed by atoms with Gasteiger partial charge < -0.3 is 9.88 Å². The Hall–Kier alpha value is -0.280. The lowest BCUT2D eigenvalue weighted by atomic mass is 9.95. The maximum atomic E-state index is 3.60. The molecule has 0 saturated carbocycles. The molecule has 1 N–H and O–H groups in total. The monoisotopic (exact) mass is 284 g/mol. The van der Waals surface area contributed by atoms with Crippen LogP contribution in [-0.2, 0) is 6.54 Å². The second-order valence-corrected chi connectivity index (χ2v) is 5.71. The Morgan fingerprint density at radius 2 is 2.06 bits per heavy atom. The summed E-state index contributed by atoms with van der Waals surface area (Å²) in [6.45, 7) is 7.98. The van der Waals surface area contributed by atoms with Crippen molar-refractivity contribution in [3.8, 4) is 0 Å². The van der Waals surface area contributed by atoms with E-state index in [9.17, 15) is 0 Å². The fraction of sp³-hybridized carbons (Fsp3) is 0.692. The normalized spacial score (nSPS) is 17.9. The molecule has 1 saturated heterocycles. The summed E-state index contributed by atoms with van der Waals surface area (Å²) in [5.41, 5.74) is 2.74. The van der Waals surface area contributed by atoms with Gasteiger partial charge in [0.25, 0.3) is 0 Å². The molecule has 1 aliphatic rings. The Bertz CT molecular complexity index is 351. The molecule has 0 unspecified atom stereocenters. The Labute approximate surface area is 107 Å². The standard InChI is InChI=1S/C13H21BrN2/c1-10-9-13(14)11(2)16(10)8-5-12-3-6-15-7-4-12/h9,12,15H,3-8H2,1-2H3. The van der Waals surface area contributed by atoms with Gasteiger partial charge in [-0.15, -0.1) is 0 Å². The van der Waals surface area contributed by atoms with Crippen molar-refractivity contribution in [2.24, 2.45) is 5.92 Å². The van der Waals surface area contributed by atoms with Crippen LogP contribution in [-0.4, -0.2) is 17.7 Å². The Morgan fingerprint density at radius 1 is 1.38 bits per heavy atom. The van der Waals surface area contributed by atoms with Crippen LogP contribution in [0.5, 0.6) is 0 Å². The summed E-state index contributed by atoms with van der Waals surface area (Å²) in [5.74, 6) is 0.918. The third-order valence-corrected chi connectivity index (χ3v) is 4.53. The van der Waals surface area contributed by atoms with Crippen molar-refractivity contribution in [1.29, 1.82) is 0 Å². The SMILES string of the molecule is Cc1cc(Br)c(C)n1CCC1CCNCC1. The summed E-state index contributed by atoms with van der Waals surface area (Å²) in [7, 11) is 0. The van der Waals surface area contributed by atoms with Crippen LogP contribution in [0.1, 0.15) is 30.7 Å². The zero-order valence-corrected chi connectivity index (χ0v) is 11.8. The van der Waals surface area contributed by atoms with E-state index in [0.29, 0.717) is 0 Å². The zero-order chi connectivity index (χ0) is 11.5. The first-order valence-corrected chi connectivity index (χ1v) is 7.00. The highest BCUT2D eigenvalue weighted by molar-refractivity contribution is 9.10. The number of aromatic nitrogens is 1. The van der Waals surface area contributed by atoms with Crippen LogP contribution in [0, 0.1) is 19.8 Å². The minimum atomic E-state index is 0.918. The number of aryl methyl sites for hydroxylation is 1. The predicted octanol–water partition coefficient (Wildman–Crippen LogP) is 3.26. The summed E-state index contributed by atoms with van der Waals surface area (Å²) in [6, 6.07) is 2.22. The first kappa shape index (κ1) is 12.2. The molecule has 3 heteroatoms. The fourth-order valence-corrected chi connectivity index (χ4v) is 3.13. The maximum absolute atomic E-state index is 3.60. The molecule has 1 aliphatic heterocycles. The quantitative estimate of drug-likeness (QED) is 0.902. The van der Waals surface area contributed by atoms with E-state index >= 15 is 0 Å². The van der Waals surface area contributed by atoms with Gasteiger partial charge in [-0.1, -0.05) is 0 Å². The van der Waals surface area contributed by atoms with Crippen molar-refractivity contribution >= 4 is 15.9 Å². The highest BCUT2D eigenvalue weighted by atomic mass is 79.9. The molecule has 1 fully saturated rings. The molecular formula is C13H21BrN2. The van der Waals surface area contributed by atoms with E-state index in [2.05, 4.69) is 45.7 Å². The van der Waals surface area contributed by atoms with Crippen LogP contribution in [0.25, 0.3) is 0 Å². The van der Waals surface area contributed by atoms with Crippen LogP contribution in [0.3, 0.4) is 0 Å². The molecule has 0 atom stereocenters. The fourth-order valence-electron chi connectivity index (χ4n) is 2.59. The summed E-state index contributed by atoms with van der Waals surface area (Å²) in [5, 5.41) is 3.43. The van der Waals surface area contributed by atoms with E-state index in [4.69, 9.17) is 0 Å². The predicted molar refractivity (Wildman–Crippen MR) is 71.8 cm³/mol. The Kier molecular flexibility index (Phi) is 4.09. The zero-order valence-electron chi connectivity index (χ0n) is 10.2. The molecule has 0 bridgehead atoms. The molecule has 90 valence electrons. The number of hydrogen-bond donors (Lipinski definition) is 1. The molecule has 2 heterocycles. The second-order valence-electron chi connectivity index (χ2n) is 4.85. The van der Waals surface area contributed by atoms with Crippen LogP contribution in [0.4, 0.5) is 0 Å². The highest BCUT2D eigenvalue weighted by Crippen LogP contribution is 2.23. The highest BCUT2D eigenvalue weighted by Gasteiger charge is 2.14. The maximum Gasteiger partial charge on any atom is 0.0384 e. The summed E-state index contributed by atoms with van der Waals surface area (Å²) >= 11 is 3.60. The smallest absolute Gasteiger partial charge is 0.0384 e. The van der Waals surface area contributed by atoms with Crippen LogP contribution < -0.4 is 5.32 Å². The van der Waals surface area contributed by atoms with Gasteiger partial charge in [0.15, 0.2) is 0 Å². The summed E-state index contributed by atoms with van der Waals surface area (Å²) in [4.78, 5) is 0. The van der Waals surface area contributed by atoms with Crippen LogP contribution in [0.2, 0.25) is 0 Å². The largest absolute Gasteiger partial charge is 0.348 e. The van der Waals surface area contributed by atoms with Gasteiger partial charge >= 0.3 is 0 Å². The van der Waals surface area contributed by atoms with Crippen molar-refractivity contribution < 1.29 is 0 Å². The van der Waals surface area contributed by atoms with E-state index in [1.165, 1.54) is 54.8 Å². The van der Waals surface area contributed by atoms with Gasteiger partial charge in [0.05, 0.1) is 0 Å². The van der Waals surface area contributed by atoms with E-state index in [-0.39, 0.29) is 0 Å². The molecule has 16 heavy (non-hydrogen) atoms. The van der Waals surface area contributed by atoms with Crippen molar-refractivity contribution in [1.82, 2.24) is 9.88 Å².